The Bertz CT molecular complexity index is 1410. The minimum atomic E-state index is -1.14. The maximum Gasteiger partial charge on any atom is 0.328 e. The molecule has 5 rings (SSSR count). The van der Waals surface area contributed by atoms with Crippen molar-refractivity contribution in [2.24, 2.45) is 23.5 Å². The summed E-state index contributed by atoms with van der Waals surface area (Å²) in [6.07, 6.45) is 3.24. The lowest BCUT2D eigenvalue weighted by molar-refractivity contribution is -0.136. The minimum absolute atomic E-state index is 0.0476. The first-order valence-corrected chi connectivity index (χ1v) is 13.2. The molecule has 0 spiro atoms. The van der Waals surface area contributed by atoms with Crippen LogP contribution in [0.5, 0.6) is 11.5 Å². The fraction of sp³-hybridized carbons (Fsp3) is 0.292. The quantitative estimate of drug-likeness (QED) is 0.274. The lowest BCUT2D eigenvalue weighted by Crippen LogP contribution is -2.42. The van der Waals surface area contributed by atoms with Crippen LogP contribution in [0.15, 0.2) is 48.4 Å². The number of fused-ring (bicyclic) bond motifs is 3. The number of likely N-dealkylation sites (tertiary alicyclic amines) is 1. The SMILES string of the molecule is COc1cc([C@H]2C3=CC[C@@H]4C(=O)N(C(N)=O)C(=O)[C@@H]4[C@@H]3CC3=C2C(=O)C=C(Br)C3=O)c(Br)c(Br)c1O. The van der Waals surface area contributed by atoms with Gasteiger partial charge in [-0.15, -0.1) is 0 Å². The number of aromatic hydroxyl groups is 1. The third-order valence-electron chi connectivity index (χ3n) is 7.26. The molecule has 4 aliphatic rings. The van der Waals surface area contributed by atoms with Gasteiger partial charge in [-0.2, -0.15) is 4.90 Å². The molecule has 4 atom stereocenters. The van der Waals surface area contributed by atoms with E-state index in [4.69, 9.17) is 10.5 Å². The summed E-state index contributed by atoms with van der Waals surface area (Å²) in [7, 11) is 1.38. The van der Waals surface area contributed by atoms with Gasteiger partial charge in [-0.25, -0.2) is 4.79 Å². The highest BCUT2D eigenvalue weighted by Crippen LogP contribution is 2.57. The summed E-state index contributed by atoms with van der Waals surface area (Å²) in [5.74, 6) is -5.25. The zero-order chi connectivity index (χ0) is 26.2. The highest BCUT2D eigenvalue weighted by atomic mass is 79.9. The summed E-state index contributed by atoms with van der Waals surface area (Å²) in [4.78, 5) is 65.0. The summed E-state index contributed by atoms with van der Waals surface area (Å²) in [5, 5.41) is 10.5. The van der Waals surface area contributed by atoms with Gasteiger partial charge >= 0.3 is 6.03 Å². The van der Waals surface area contributed by atoms with E-state index in [1.807, 2.05) is 0 Å². The van der Waals surface area contributed by atoms with Gasteiger partial charge in [-0.05, 0) is 78.2 Å². The number of Topliss-reactive ketones (excluding diaryl/α,β-unsaturated/α-hetero) is 1. The number of nitrogens with two attached hydrogens (primary N) is 1. The second-order valence-electron chi connectivity index (χ2n) is 8.89. The lowest BCUT2D eigenvalue weighted by atomic mass is 9.59. The van der Waals surface area contributed by atoms with Crippen LogP contribution in [0.25, 0.3) is 0 Å². The Balaban J connectivity index is 1.76. The van der Waals surface area contributed by atoms with Gasteiger partial charge < -0.3 is 15.6 Å². The van der Waals surface area contributed by atoms with Crippen molar-refractivity contribution in [2.75, 3.05) is 7.11 Å². The molecule has 186 valence electrons. The molecular formula is C24H17Br3N2O7. The van der Waals surface area contributed by atoms with E-state index < -0.39 is 41.5 Å². The third-order valence-corrected chi connectivity index (χ3v) is 10.0. The number of benzene rings is 1. The molecule has 1 fully saturated rings. The second kappa shape index (κ2) is 8.77. The maximum atomic E-state index is 13.3. The van der Waals surface area contributed by atoms with Crippen LogP contribution >= 0.6 is 47.8 Å². The van der Waals surface area contributed by atoms with Gasteiger partial charge in [0.25, 0.3) is 0 Å². The first-order valence-electron chi connectivity index (χ1n) is 10.8. The number of urea groups is 1. The average Bonchev–Trinajstić information content (AvgIpc) is 3.10. The van der Waals surface area contributed by atoms with Crippen LogP contribution < -0.4 is 10.5 Å². The number of halogens is 3. The van der Waals surface area contributed by atoms with Crippen molar-refractivity contribution in [3.63, 3.8) is 0 Å². The standard InChI is InChI=1S/C24H17Br3N2O7/c1-36-14-5-10(18(26)19(27)21(14)32)15-7-2-3-8-16(23(34)29(22(8)33)24(28)35)9(7)4-11-17(15)13(30)6-12(25)20(11)31/h2,5-6,8-9,15-16,32H,3-4H2,1H3,(H2,28,35)/t8-,9+,15+,16-/m0/s1. The summed E-state index contributed by atoms with van der Waals surface area (Å²) >= 11 is 10.0. The zero-order valence-electron chi connectivity index (χ0n) is 18.5. The first kappa shape index (κ1) is 25.1. The number of amides is 4. The first-order chi connectivity index (χ1) is 17.0. The molecule has 1 aromatic rings. The fourth-order valence-electron chi connectivity index (χ4n) is 5.76. The van der Waals surface area contributed by atoms with Crippen molar-refractivity contribution >= 4 is 77.2 Å². The van der Waals surface area contributed by atoms with Crippen LogP contribution in [0.3, 0.4) is 0 Å². The number of rotatable bonds is 2. The molecule has 1 heterocycles. The number of allylic oxidation sites excluding steroid dienone is 6. The van der Waals surface area contributed by atoms with Crippen molar-refractivity contribution in [2.45, 2.75) is 18.8 Å². The van der Waals surface area contributed by atoms with Crippen molar-refractivity contribution in [3.8, 4) is 11.5 Å². The highest BCUT2D eigenvalue weighted by Gasteiger charge is 2.57. The minimum Gasteiger partial charge on any atom is -0.503 e. The number of nitrogens with zero attached hydrogens (tertiary/aromatic N) is 1. The molecule has 0 bridgehead atoms. The Hall–Kier alpha value is -2.57. The molecule has 4 amide bonds. The summed E-state index contributed by atoms with van der Waals surface area (Å²) in [5.41, 5.74) is 7.01. The number of imide groups is 3. The van der Waals surface area contributed by atoms with Gasteiger partial charge in [0.1, 0.15) is 0 Å². The lowest BCUT2D eigenvalue weighted by Gasteiger charge is -2.42. The predicted octanol–water partition coefficient (Wildman–Crippen LogP) is 3.77. The molecule has 9 nitrogen and oxygen atoms in total. The Labute approximate surface area is 229 Å². The van der Waals surface area contributed by atoms with Crippen molar-refractivity contribution in [1.82, 2.24) is 4.90 Å². The van der Waals surface area contributed by atoms with E-state index in [9.17, 15) is 29.1 Å². The molecule has 12 heteroatoms. The molecule has 0 radical (unpaired) electrons. The Kier molecular flexibility index (Phi) is 6.12. The van der Waals surface area contributed by atoms with Gasteiger partial charge in [0.15, 0.2) is 23.1 Å². The van der Waals surface area contributed by atoms with E-state index in [0.29, 0.717) is 20.5 Å². The number of hydrogen-bond donors (Lipinski definition) is 2. The molecule has 1 aliphatic heterocycles. The van der Waals surface area contributed by atoms with Gasteiger partial charge in [0, 0.05) is 27.6 Å². The normalized spacial score (nSPS) is 27.4. The largest absolute Gasteiger partial charge is 0.503 e. The molecular weight excluding hydrogens is 668 g/mol. The van der Waals surface area contributed by atoms with Crippen molar-refractivity contribution in [1.29, 1.82) is 0 Å². The van der Waals surface area contributed by atoms with Gasteiger partial charge in [0.2, 0.25) is 11.8 Å². The van der Waals surface area contributed by atoms with Gasteiger partial charge in [0.05, 0.1) is 27.9 Å². The molecule has 0 unspecified atom stereocenters. The van der Waals surface area contributed by atoms with Crippen LogP contribution in [0, 0.1) is 17.8 Å². The topological polar surface area (TPSA) is 144 Å². The second-order valence-corrected chi connectivity index (χ2v) is 11.3. The molecule has 3 aliphatic carbocycles. The number of methoxy groups -OCH3 is 1. The number of ether oxygens (including phenoxy) is 1. The Morgan fingerprint density at radius 2 is 1.81 bits per heavy atom. The van der Waals surface area contributed by atoms with E-state index >= 15 is 0 Å². The molecule has 1 aromatic carbocycles. The number of carbonyl (C=O) groups excluding carboxylic acids is 5. The van der Waals surface area contributed by atoms with E-state index in [2.05, 4.69) is 47.8 Å². The van der Waals surface area contributed by atoms with E-state index in [-0.39, 0.29) is 56.0 Å². The van der Waals surface area contributed by atoms with Crippen LogP contribution in [0.2, 0.25) is 0 Å². The highest BCUT2D eigenvalue weighted by molar-refractivity contribution is 9.13. The molecule has 0 aromatic heterocycles. The van der Waals surface area contributed by atoms with Crippen LogP contribution in [-0.4, -0.2) is 46.5 Å². The zero-order valence-corrected chi connectivity index (χ0v) is 23.3. The van der Waals surface area contributed by atoms with E-state index in [0.717, 1.165) is 0 Å². The van der Waals surface area contributed by atoms with Crippen LogP contribution in [0.1, 0.15) is 24.3 Å². The summed E-state index contributed by atoms with van der Waals surface area (Å²) in [6.45, 7) is 0. The van der Waals surface area contributed by atoms with Gasteiger partial charge in [-0.3, -0.25) is 19.2 Å². The number of primary amides is 1. The number of phenolic OH excluding ortho intramolecular Hbond substituents is 1. The van der Waals surface area contributed by atoms with Gasteiger partial charge in [-0.1, -0.05) is 11.6 Å². The summed E-state index contributed by atoms with van der Waals surface area (Å²) < 4.78 is 6.14. The maximum absolute atomic E-state index is 13.3. The van der Waals surface area contributed by atoms with E-state index in [1.165, 1.54) is 13.2 Å². The number of phenols is 1. The third kappa shape index (κ3) is 3.41. The average molecular weight is 685 g/mol. The number of hydrogen-bond acceptors (Lipinski definition) is 7. The Morgan fingerprint density at radius 3 is 2.44 bits per heavy atom. The molecule has 36 heavy (non-hydrogen) atoms. The molecule has 0 saturated carbocycles. The smallest absolute Gasteiger partial charge is 0.328 e. The Morgan fingerprint density at radius 1 is 1.11 bits per heavy atom. The number of ketones is 2. The van der Waals surface area contributed by atoms with E-state index in [1.54, 1.807) is 12.1 Å². The predicted molar refractivity (Wildman–Crippen MR) is 136 cm³/mol. The summed E-state index contributed by atoms with van der Waals surface area (Å²) in [6, 6.07) is 0.426. The van der Waals surface area contributed by atoms with Crippen molar-refractivity contribution < 1.29 is 33.8 Å². The van der Waals surface area contributed by atoms with Crippen LogP contribution in [0.4, 0.5) is 4.79 Å². The number of carbonyl (C=O) groups is 5. The molecule has 1 saturated heterocycles. The van der Waals surface area contributed by atoms with Crippen molar-refractivity contribution in [3.05, 3.63) is 53.9 Å². The monoisotopic (exact) mass is 682 g/mol. The fourth-order valence-corrected chi connectivity index (χ4v) is 7.16. The molecule has 3 N–H and O–H groups in total. The van der Waals surface area contributed by atoms with Crippen LogP contribution in [-0.2, 0) is 19.2 Å².